The lowest BCUT2D eigenvalue weighted by atomic mass is 10.1. The molecule has 2 aromatic rings. The SMILES string of the molecule is CC1(O)CCN(c2nc(Cl)nc3ccccc23)C1. The van der Waals surface area contributed by atoms with E-state index in [9.17, 15) is 5.11 Å². The molecule has 4 nitrogen and oxygen atoms in total. The summed E-state index contributed by atoms with van der Waals surface area (Å²) < 4.78 is 0. The largest absolute Gasteiger partial charge is 0.388 e. The number of hydrogen-bond acceptors (Lipinski definition) is 4. The first-order valence-electron chi connectivity index (χ1n) is 5.95. The second-order valence-electron chi connectivity index (χ2n) is 5.00. The molecule has 1 aromatic carbocycles. The fraction of sp³-hybridized carbons (Fsp3) is 0.385. The highest BCUT2D eigenvalue weighted by Crippen LogP contribution is 2.30. The van der Waals surface area contributed by atoms with E-state index in [1.165, 1.54) is 0 Å². The first-order valence-corrected chi connectivity index (χ1v) is 6.33. The Kier molecular flexibility index (Phi) is 2.64. The van der Waals surface area contributed by atoms with Gasteiger partial charge in [-0.25, -0.2) is 4.98 Å². The van der Waals surface area contributed by atoms with Gasteiger partial charge in [0.2, 0.25) is 5.28 Å². The zero-order chi connectivity index (χ0) is 12.8. The molecule has 0 radical (unpaired) electrons. The maximum atomic E-state index is 10.0. The summed E-state index contributed by atoms with van der Waals surface area (Å²) in [4.78, 5) is 10.6. The smallest absolute Gasteiger partial charge is 0.224 e. The summed E-state index contributed by atoms with van der Waals surface area (Å²) >= 11 is 5.96. The predicted octanol–water partition coefficient (Wildman–Crippen LogP) is 2.24. The van der Waals surface area contributed by atoms with Gasteiger partial charge in [0.25, 0.3) is 0 Å². The Hall–Kier alpha value is -1.39. The van der Waals surface area contributed by atoms with Crippen LogP contribution in [0.4, 0.5) is 5.82 Å². The van der Waals surface area contributed by atoms with E-state index in [0.29, 0.717) is 6.54 Å². The molecule has 3 rings (SSSR count). The fourth-order valence-corrected chi connectivity index (χ4v) is 2.57. The van der Waals surface area contributed by atoms with Gasteiger partial charge < -0.3 is 10.0 Å². The lowest BCUT2D eigenvalue weighted by molar-refractivity contribution is 0.0839. The first kappa shape index (κ1) is 11.7. The number of para-hydroxylation sites is 1. The van der Waals surface area contributed by atoms with Crippen LogP contribution in [-0.2, 0) is 0 Å². The van der Waals surface area contributed by atoms with E-state index in [1.54, 1.807) is 0 Å². The molecule has 1 aliphatic rings. The Bertz CT molecular complexity index is 600. The Labute approximate surface area is 110 Å². The number of hydrogen-bond donors (Lipinski definition) is 1. The van der Waals surface area contributed by atoms with Crippen molar-refractivity contribution >= 4 is 28.3 Å². The maximum absolute atomic E-state index is 10.0. The summed E-state index contributed by atoms with van der Waals surface area (Å²) in [5, 5.41) is 11.3. The van der Waals surface area contributed by atoms with E-state index in [4.69, 9.17) is 11.6 Å². The van der Waals surface area contributed by atoms with E-state index in [-0.39, 0.29) is 5.28 Å². The minimum Gasteiger partial charge on any atom is -0.388 e. The molecule has 1 unspecified atom stereocenters. The van der Waals surface area contributed by atoms with Crippen molar-refractivity contribution < 1.29 is 5.11 Å². The van der Waals surface area contributed by atoms with Gasteiger partial charge in [-0.3, -0.25) is 0 Å². The topological polar surface area (TPSA) is 49.2 Å². The number of rotatable bonds is 1. The van der Waals surface area contributed by atoms with Crippen molar-refractivity contribution in [2.45, 2.75) is 18.9 Å². The van der Waals surface area contributed by atoms with Crippen molar-refractivity contribution in [3.05, 3.63) is 29.5 Å². The Morgan fingerprint density at radius 2 is 2.11 bits per heavy atom. The Morgan fingerprint density at radius 1 is 1.33 bits per heavy atom. The van der Waals surface area contributed by atoms with Crippen molar-refractivity contribution in [3.8, 4) is 0 Å². The van der Waals surface area contributed by atoms with Crippen LogP contribution in [0.2, 0.25) is 5.28 Å². The summed E-state index contributed by atoms with van der Waals surface area (Å²) in [6, 6.07) is 7.78. The van der Waals surface area contributed by atoms with Crippen LogP contribution in [0.1, 0.15) is 13.3 Å². The molecule has 18 heavy (non-hydrogen) atoms. The van der Waals surface area contributed by atoms with Crippen molar-refractivity contribution in [1.82, 2.24) is 9.97 Å². The Balaban J connectivity index is 2.11. The lowest BCUT2D eigenvalue weighted by Crippen LogP contribution is -2.30. The van der Waals surface area contributed by atoms with Crippen molar-refractivity contribution in [2.75, 3.05) is 18.0 Å². The monoisotopic (exact) mass is 263 g/mol. The Morgan fingerprint density at radius 3 is 2.83 bits per heavy atom. The average Bonchev–Trinajstić information content (AvgIpc) is 2.68. The quantitative estimate of drug-likeness (QED) is 0.802. The van der Waals surface area contributed by atoms with E-state index >= 15 is 0 Å². The molecule has 1 saturated heterocycles. The number of fused-ring (bicyclic) bond motifs is 1. The third-order valence-electron chi connectivity index (χ3n) is 3.31. The van der Waals surface area contributed by atoms with Gasteiger partial charge in [-0.05, 0) is 37.1 Å². The summed E-state index contributed by atoms with van der Waals surface area (Å²) in [5.41, 5.74) is 0.178. The first-order chi connectivity index (χ1) is 8.55. The van der Waals surface area contributed by atoms with Crippen LogP contribution in [0.5, 0.6) is 0 Å². The number of anilines is 1. The second-order valence-corrected chi connectivity index (χ2v) is 5.34. The number of β-amino-alcohol motifs (C(OH)–C–C–N with tert-alkyl or cyclic N) is 1. The molecule has 1 fully saturated rings. The van der Waals surface area contributed by atoms with Gasteiger partial charge >= 0.3 is 0 Å². The highest BCUT2D eigenvalue weighted by atomic mass is 35.5. The third-order valence-corrected chi connectivity index (χ3v) is 3.48. The van der Waals surface area contributed by atoms with Crippen LogP contribution < -0.4 is 4.90 Å². The van der Waals surface area contributed by atoms with Crippen LogP contribution in [0, 0.1) is 0 Å². The van der Waals surface area contributed by atoms with Gasteiger partial charge in [-0.1, -0.05) is 12.1 Å². The molecule has 1 aliphatic heterocycles. The van der Waals surface area contributed by atoms with Gasteiger partial charge in [0.15, 0.2) is 0 Å². The summed E-state index contributed by atoms with van der Waals surface area (Å²) in [7, 11) is 0. The average molecular weight is 264 g/mol. The number of halogens is 1. The van der Waals surface area contributed by atoms with E-state index in [2.05, 4.69) is 14.9 Å². The number of aromatic nitrogens is 2. The van der Waals surface area contributed by atoms with Crippen LogP contribution in [0.25, 0.3) is 10.9 Å². The normalized spacial score (nSPS) is 23.8. The van der Waals surface area contributed by atoms with E-state index in [0.717, 1.165) is 29.7 Å². The van der Waals surface area contributed by atoms with Gasteiger partial charge in [0.1, 0.15) is 5.82 Å². The highest BCUT2D eigenvalue weighted by Gasteiger charge is 2.32. The third kappa shape index (κ3) is 2.02. The van der Waals surface area contributed by atoms with Crippen molar-refractivity contribution in [3.63, 3.8) is 0 Å². The standard InChI is InChI=1S/C13H14ClN3O/c1-13(18)6-7-17(8-13)11-9-4-2-3-5-10(9)15-12(14)16-11/h2-5,18H,6-8H2,1H3. The number of aliphatic hydroxyl groups is 1. The summed E-state index contributed by atoms with van der Waals surface area (Å²) in [6.07, 6.45) is 0.739. The molecule has 94 valence electrons. The van der Waals surface area contributed by atoms with Crippen LogP contribution >= 0.6 is 11.6 Å². The minimum absolute atomic E-state index is 0.246. The van der Waals surface area contributed by atoms with Crippen LogP contribution in [0.3, 0.4) is 0 Å². The molecule has 0 saturated carbocycles. The van der Waals surface area contributed by atoms with Gasteiger partial charge in [0.05, 0.1) is 11.1 Å². The van der Waals surface area contributed by atoms with Crippen molar-refractivity contribution in [1.29, 1.82) is 0 Å². The van der Waals surface area contributed by atoms with Crippen molar-refractivity contribution in [2.24, 2.45) is 0 Å². The predicted molar refractivity (Wildman–Crippen MR) is 72.0 cm³/mol. The molecule has 2 heterocycles. The molecule has 0 amide bonds. The molecule has 0 aliphatic carbocycles. The molecule has 1 N–H and O–H groups in total. The zero-order valence-corrected chi connectivity index (χ0v) is 10.9. The summed E-state index contributed by atoms with van der Waals surface area (Å²) in [5.74, 6) is 0.809. The minimum atomic E-state index is -0.654. The molecule has 1 aromatic heterocycles. The second kappa shape index (κ2) is 4.07. The van der Waals surface area contributed by atoms with Crippen LogP contribution in [0.15, 0.2) is 24.3 Å². The molecular weight excluding hydrogens is 250 g/mol. The maximum Gasteiger partial charge on any atom is 0.224 e. The van der Waals surface area contributed by atoms with Gasteiger partial charge in [-0.2, -0.15) is 4.98 Å². The molecule has 1 atom stereocenters. The fourth-order valence-electron chi connectivity index (χ4n) is 2.40. The number of nitrogens with zero attached hydrogens (tertiary/aromatic N) is 3. The number of benzene rings is 1. The molecule has 0 spiro atoms. The van der Waals surface area contributed by atoms with Gasteiger partial charge in [0, 0.05) is 18.5 Å². The van der Waals surface area contributed by atoms with Crippen LogP contribution in [-0.4, -0.2) is 33.8 Å². The lowest BCUT2D eigenvalue weighted by Gasteiger charge is -2.21. The summed E-state index contributed by atoms with van der Waals surface area (Å²) in [6.45, 7) is 3.20. The van der Waals surface area contributed by atoms with E-state index < -0.39 is 5.60 Å². The van der Waals surface area contributed by atoms with Gasteiger partial charge in [-0.15, -0.1) is 0 Å². The molecule has 5 heteroatoms. The van der Waals surface area contributed by atoms with E-state index in [1.807, 2.05) is 31.2 Å². The zero-order valence-electron chi connectivity index (χ0n) is 10.1. The molecule has 0 bridgehead atoms. The highest BCUT2D eigenvalue weighted by molar-refractivity contribution is 6.28. The molecular formula is C13H14ClN3O.